The molecule has 1 aromatic rings. The molecule has 6 heteroatoms. The summed E-state index contributed by atoms with van der Waals surface area (Å²) in [6, 6.07) is 0. The summed E-state index contributed by atoms with van der Waals surface area (Å²) in [5.41, 5.74) is 0.720. The Bertz CT molecular complexity index is 455. The molecule has 20 heavy (non-hydrogen) atoms. The number of likely N-dealkylation sites (N-methyl/N-ethyl adjacent to an activating group) is 1. The lowest BCUT2D eigenvalue weighted by atomic mass is 10.3. The number of aromatic nitrogens is 2. The van der Waals surface area contributed by atoms with E-state index in [1.165, 1.54) is 25.7 Å². The van der Waals surface area contributed by atoms with Crippen molar-refractivity contribution in [3.05, 3.63) is 16.4 Å². The molecule has 0 unspecified atom stereocenters. The molecular formula is C14H22BrN3OS. The van der Waals surface area contributed by atoms with Gasteiger partial charge in [0.15, 0.2) is 5.78 Å². The predicted molar refractivity (Wildman–Crippen MR) is 87.5 cm³/mol. The first-order chi connectivity index (χ1) is 9.58. The standard InChI is InChI=1S/C14H22BrN3OS/c1-17(2)7-8-18-14(12(15)9-16-18)13(19)10-20-11-5-3-4-6-11/h9,11H,3-8,10H2,1-2H3. The Labute approximate surface area is 133 Å². The Morgan fingerprint density at radius 2 is 2.20 bits per heavy atom. The SMILES string of the molecule is CN(C)CCn1ncc(Br)c1C(=O)CSC1CCCC1. The zero-order valence-corrected chi connectivity index (χ0v) is 14.5. The summed E-state index contributed by atoms with van der Waals surface area (Å²) >= 11 is 5.26. The Kier molecular flexibility index (Phi) is 6.11. The number of carbonyl (C=O) groups excluding carboxylic acids is 1. The second kappa shape index (κ2) is 7.61. The average molecular weight is 360 g/mol. The highest BCUT2D eigenvalue weighted by molar-refractivity contribution is 9.10. The molecule has 1 saturated carbocycles. The van der Waals surface area contributed by atoms with Gasteiger partial charge in [0.1, 0.15) is 5.69 Å². The van der Waals surface area contributed by atoms with E-state index in [2.05, 4.69) is 25.9 Å². The molecule has 1 aromatic heterocycles. The van der Waals surface area contributed by atoms with Crippen molar-refractivity contribution in [2.75, 3.05) is 26.4 Å². The summed E-state index contributed by atoms with van der Waals surface area (Å²) < 4.78 is 2.63. The van der Waals surface area contributed by atoms with Crippen molar-refractivity contribution in [3.8, 4) is 0 Å². The smallest absolute Gasteiger partial charge is 0.191 e. The maximum Gasteiger partial charge on any atom is 0.191 e. The number of halogens is 1. The van der Waals surface area contributed by atoms with Crippen LogP contribution in [0.5, 0.6) is 0 Å². The molecule has 0 amide bonds. The maximum absolute atomic E-state index is 12.4. The lowest BCUT2D eigenvalue weighted by Gasteiger charge is -2.12. The fourth-order valence-electron chi connectivity index (χ4n) is 2.42. The molecule has 1 aliphatic rings. The second-order valence-electron chi connectivity index (χ2n) is 5.51. The fourth-order valence-corrected chi connectivity index (χ4v) is 4.13. The normalized spacial score (nSPS) is 16.2. The van der Waals surface area contributed by atoms with Crippen molar-refractivity contribution in [3.63, 3.8) is 0 Å². The first-order valence-electron chi connectivity index (χ1n) is 7.08. The number of nitrogens with zero attached hydrogens (tertiary/aromatic N) is 3. The topological polar surface area (TPSA) is 38.1 Å². The summed E-state index contributed by atoms with van der Waals surface area (Å²) in [5, 5.41) is 4.98. The van der Waals surface area contributed by atoms with Crippen LogP contribution < -0.4 is 0 Å². The van der Waals surface area contributed by atoms with Crippen LogP contribution in [0.25, 0.3) is 0 Å². The highest BCUT2D eigenvalue weighted by atomic mass is 79.9. The molecule has 0 spiro atoms. The third-order valence-corrected chi connectivity index (χ3v) is 5.52. The summed E-state index contributed by atoms with van der Waals surface area (Å²) in [5.74, 6) is 0.752. The van der Waals surface area contributed by atoms with E-state index in [4.69, 9.17) is 0 Å². The summed E-state index contributed by atoms with van der Waals surface area (Å²) in [4.78, 5) is 14.5. The molecule has 0 atom stereocenters. The first kappa shape index (κ1) is 16.0. The quantitative estimate of drug-likeness (QED) is 0.701. The van der Waals surface area contributed by atoms with E-state index in [0.717, 1.165) is 23.3 Å². The highest BCUT2D eigenvalue weighted by Crippen LogP contribution is 2.30. The van der Waals surface area contributed by atoms with Crippen LogP contribution in [0.1, 0.15) is 36.2 Å². The molecular weight excluding hydrogens is 338 g/mol. The van der Waals surface area contributed by atoms with Gasteiger partial charge >= 0.3 is 0 Å². The van der Waals surface area contributed by atoms with Gasteiger partial charge in [0.25, 0.3) is 0 Å². The lowest BCUT2D eigenvalue weighted by Crippen LogP contribution is -2.22. The third-order valence-electron chi connectivity index (χ3n) is 3.57. The van der Waals surface area contributed by atoms with E-state index < -0.39 is 0 Å². The molecule has 2 rings (SSSR count). The highest BCUT2D eigenvalue weighted by Gasteiger charge is 2.21. The van der Waals surface area contributed by atoms with Crippen molar-refractivity contribution < 1.29 is 4.79 Å². The number of ketones is 1. The zero-order chi connectivity index (χ0) is 14.5. The van der Waals surface area contributed by atoms with Crippen molar-refractivity contribution >= 4 is 33.5 Å². The average Bonchev–Trinajstić information content (AvgIpc) is 3.03. The van der Waals surface area contributed by atoms with Crippen LogP contribution in [0.2, 0.25) is 0 Å². The van der Waals surface area contributed by atoms with E-state index in [9.17, 15) is 4.79 Å². The molecule has 0 saturated heterocycles. The van der Waals surface area contributed by atoms with Crippen molar-refractivity contribution in [2.45, 2.75) is 37.5 Å². The molecule has 1 aliphatic carbocycles. The number of thioether (sulfide) groups is 1. The minimum atomic E-state index is 0.185. The molecule has 1 heterocycles. The van der Waals surface area contributed by atoms with Crippen LogP contribution in [0.4, 0.5) is 0 Å². The molecule has 0 N–H and O–H groups in total. The predicted octanol–water partition coefficient (Wildman–Crippen LogP) is 3.07. The van der Waals surface area contributed by atoms with Gasteiger partial charge in [0, 0.05) is 11.8 Å². The van der Waals surface area contributed by atoms with Gasteiger partial charge in [0.2, 0.25) is 0 Å². The lowest BCUT2D eigenvalue weighted by molar-refractivity contribution is 0.101. The van der Waals surface area contributed by atoms with Gasteiger partial charge in [0.05, 0.1) is 23.0 Å². The molecule has 0 radical (unpaired) electrons. The molecule has 0 bridgehead atoms. The number of carbonyl (C=O) groups is 1. The molecule has 4 nitrogen and oxygen atoms in total. The van der Waals surface area contributed by atoms with E-state index in [-0.39, 0.29) is 5.78 Å². The van der Waals surface area contributed by atoms with Crippen molar-refractivity contribution in [1.29, 1.82) is 0 Å². The first-order valence-corrected chi connectivity index (χ1v) is 8.93. The molecule has 0 aliphatic heterocycles. The van der Waals surface area contributed by atoms with Gasteiger partial charge in [-0.1, -0.05) is 12.8 Å². The maximum atomic E-state index is 12.4. The van der Waals surface area contributed by atoms with Crippen LogP contribution >= 0.6 is 27.7 Å². The third kappa shape index (κ3) is 4.33. The van der Waals surface area contributed by atoms with E-state index in [1.54, 1.807) is 6.20 Å². The fraction of sp³-hybridized carbons (Fsp3) is 0.714. The summed E-state index contributed by atoms with van der Waals surface area (Å²) in [7, 11) is 4.05. The Morgan fingerprint density at radius 1 is 1.50 bits per heavy atom. The summed E-state index contributed by atoms with van der Waals surface area (Å²) in [6.07, 6.45) is 6.88. The van der Waals surface area contributed by atoms with Gasteiger partial charge in [-0.2, -0.15) is 16.9 Å². The second-order valence-corrected chi connectivity index (χ2v) is 7.65. The van der Waals surface area contributed by atoms with Gasteiger partial charge in [-0.3, -0.25) is 9.48 Å². The van der Waals surface area contributed by atoms with Gasteiger partial charge in [-0.05, 0) is 42.9 Å². The molecule has 112 valence electrons. The Morgan fingerprint density at radius 3 is 2.85 bits per heavy atom. The number of hydrogen-bond donors (Lipinski definition) is 0. The number of hydrogen-bond acceptors (Lipinski definition) is 4. The monoisotopic (exact) mass is 359 g/mol. The van der Waals surface area contributed by atoms with Gasteiger partial charge in [-0.15, -0.1) is 0 Å². The molecule has 0 aromatic carbocycles. The minimum Gasteiger partial charge on any atom is -0.308 e. The van der Waals surface area contributed by atoms with E-state index in [0.29, 0.717) is 11.0 Å². The van der Waals surface area contributed by atoms with E-state index >= 15 is 0 Å². The van der Waals surface area contributed by atoms with Crippen LogP contribution in [-0.4, -0.2) is 52.1 Å². The van der Waals surface area contributed by atoms with Crippen LogP contribution in [0.3, 0.4) is 0 Å². The summed E-state index contributed by atoms with van der Waals surface area (Å²) in [6.45, 7) is 1.62. The van der Waals surface area contributed by atoms with Crippen LogP contribution in [-0.2, 0) is 6.54 Å². The zero-order valence-electron chi connectivity index (χ0n) is 12.1. The Hall–Kier alpha value is -0.330. The van der Waals surface area contributed by atoms with Crippen LogP contribution in [0.15, 0.2) is 10.7 Å². The van der Waals surface area contributed by atoms with Crippen LogP contribution in [0, 0.1) is 0 Å². The molecule has 1 fully saturated rings. The Balaban J connectivity index is 1.95. The number of Topliss-reactive ketones (excluding diaryl/α,β-unsaturated/α-hetero) is 1. The van der Waals surface area contributed by atoms with Crippen molar-refractivity contribution in [2.24, 2.45) is 0 Å². The minimum absolute atomic E-state index is 0.185. The van der Waals surface area contributed by atoms with Crippen molar-refractivity contribution in [1.82, 2.24) is 14.7 Å². The number of rotatable bonds is 7. The largest absolute Gasteiger partial charge is 0.308 e. The van der Waals surface area contributed by atoms with E-state index in [1.807, 2.05) is 30.5 Å². The van der Waals surface area contributed by atoms with Gasteiger partial charge < -0.3 is 4.90 Å². The van der Waals surface area contributed by atoms with Gasteiger partial charge in [-0.25, -0.2) is 0 Å².